The van der Waals surface area contributed by atoms with Crippen LogP contribution in [0, 0.1) is 6.92 Å². The topological polar surface area (TPSA) is 73.4 Å². The highest BCUT2D eigenvalue weighted by molar-refractivity contribution is 9.10. The predicted octanol–water partition coefficient (Wildman–Crippen LogP) is 4.47. The van der Waals surface area contributed by atoms with Crippen LogP contribution in [0.5, 0.6) is 5.75 Å². The van der Waals surface area contributed by atoms with Gasteiger partial charge in [-0.15, -0.1) is 0 Å². The molecular formula is C19H20BrClN4O3. The third kappa shape index (κ3) is 4.23. The fourth-order valence-electron chi connectivity index (χ4n) is 2.74. The molecule has 7 nitrogen and oxygen atoms in total. The maximum atomic E-state index is 13.0. The molecule has 0 bridgehead atoms. The number of amides is 1. The molecule has 28 heavy (non-hydrogen) atoms. The van der Waals surface area contributed by atoms with Gasteiger partial charge in [-0.25, -0.2) is 0 Å². The van der Waals surface area contributed by atoms with Crippen molar-refractivity contribution in [1.82, 2.24) is 19.8 Å². The Hall–Kier alpha value is -2.32. The van der Waals surface area contributed by atoms with Crippen molar-refractivity contribution in [2.24, 2.45) is 0 Å². The Kier molecular flexibility index (Phi) is 6.41. The Labute approximate surface area is 176 Å². The standard InChI is InChI=1S/C19H20BrClN4O3/c1-4-25-16(14(20)9-22-25)10-24(3)19(26)18-13(12(2)28-23-18)11-27-17-8-6-5-7-15(17)21/h5-9H,4,10-11H2,1-3H3. The largest absolute Gasteiger partial charge is 0.487 e. The second kappa shape index (κ2) is 8.79. The Balaban J connectivity index is 1.77. The van der Waals surface area contributed by atoms with Crippen LogP contribution in [0.4, 0.5) is 0 Å². The number of hydrogen-bond donors (Lipinski definition) is 0. The van der Waals surface area contributed by atoms with E-state index in [-0.39, 0.29) is 18.2 Å². The smallest absolute Gasteiger partial charge is 0.276 e. The Morgan fingerprint density at radius 2 is 2.14 bits per heavy atom. The van der Waals surface area contributed by atoms with Crippen molar-refractivity contribution < 1.29 is 14.1 Å². The number of aromatic nitrogens is 3. The molecule has 0 unspecified atom stereocenters. The summed E-state index contributed by atoms with van der Waals surface area (Å²) in [6.07, 6.45) is 1.72. The lowest BCUT2D eigenvalue weighted by Gasteiger charge is -2.17. The van der Waals surface area contributed by atoms with Crippen LogP contribution in [0.3, 0.4) is 0 Å². The Morgan fingerprint density at radius 1 is 1.39 bits per heavy atom. The number of carbonyl (C=O) groups is 1. The third-order valence-electron chi connectivity index (χ3n) is 4.33. The van der Waals surface area contributed by atoms with E-state index in [2.05, 4.69) is 26.2 Å². The van der Waals surface area contributed by atoms with E-state index >= 15 is 0 Å². The van der Waals surface area contributed by atoms with E-state index in [1.54, 1.807) is 37.2 Å². The average Bonchev–Trinajstić information content (AvgIpc) is 3.23. The van der Waals surface area contributed by atoms with Crippen LogP contribution in [0.1, 0.15) is 34.4 Å². The molecule has 1 aromatic carbocycles. The number of para-hydroxylation sites is 1. The summed E-state index contributed by atoms with van der Waals surface area (Å²) >= 11 is 9.61. The van der Waals surface area contributed by atoms with Gasteiger partial charge in [0.25, 0.3) is 5.91 Å². The zero-order valence-corrected chi connectivity index (χ0v) is 18.1. The molecule has 0 aliphatic heterocycles. The van der Waals surface area contributed by atoms with Crippen molar-refractivity contribution in [3.05, 3.63) is 62.7 Å². The fraction of sp³-hybridized carbons (Fsp3) is 0.316. The minimum absolute atomic E-state index is 0.130. The highest BCUT2D eigenvalue weighted by Crippen LogP contribution is 2.26. The van der Waals surface area contributed by atoms with E-state index in [9.17, 15) is 4.79 Å². The van der Waals surface area contributed by atoms with E-state index in [0.717, 1.165) is 10.2 Å². The maximum Gasteiger partial charge on any atom is 0.276 e. The van der Waals surface area contributed by atoms with Crippen LogP contribution in [-0.2, 0) is 19.7 Å². The number of halogens is 2. The first-order valence-corrected chi connectivity index (χ1v) is 9.87. The van der Waals surface area contributed by atoms with Crippen LogP contribution in [0.2, 0.25) is 5.02 Å². The van der Waals surface area contributed by atoms with Crippen LogP contribution < -0.4 is 4.74 Å². The van der Waals surface area contributed by atoms with Gasteiger partial charge in [0.2, 0.25) is 0 Å². The Morgan fingerprint density at radius 3 is 2.86 bits per heavy atom. The van der Waals surface area contributed by atoms with E-state index in [1.165, 1.54) is 0 Å². The lowest BCUT2D eigenvalue weighted by Crippen LogP contribution is -2.29. The summed E-state index contributed by atoms with van der Waals surface area (Å²) in [7, 11) is 1.71. The number of nitrogens with zero attached hydrogens (tertiary/aromatic N) is 4. The molecular weight excluding hydrogens is 448 g/mol. The predicted molar refractivity (Wildman–Crippen MR) is 108 cm³/mol. The van der Waals surface area contributed by atoms with Crippen LogP contribution in [0.15, 0.2) is 39.5 Å². The van der Waals surface area contributed by atoms with Gasteiger partial charge in [0.05, 0.1) is 33.5 Å². The molecule has 2 aromatic heterocycles. The van der Waals surface area contributed by atoms with Gasteiger partial charge in [-0.1, -0.05) is 28.9 Å². The van der Waals surface area contributed by atoms with Crippen molar-refractivity contribution in [1.29, 1.82) is 0 Å². The first-order chi connectivity index (χ1) is 13.4. The minimum Gasteiger partial charge on any atom is -0.487 e. The monoisotopic (exact) mass is 466 g/mol. The van der Waals surface area contributed by atoms with Gasteiger partial charge in [0.15, 0.2) is 5.69 Å². The summed E-state index contributed by atoms with van der Waals surface area (Å²) in [4.78, 5) is 14.5. The number of benzene rings is 1. The number of rotatable bonds is 7. The molecule has 148 valence electrons. The molecule has 0 atom stereocenters. The SMILES string of the molecule is CCn1ncc(Br)c1CN(C)C(=O)c1noc(C)c1COc1ccccc1Cl. The second-order valence-electron chi connectivity index (χ2n) is 6.20. The number of ether oxygens (including phenoxy) is 1. The highest BCUT2D eigenvalue weighted by atomic mass is 79.9. The maximum absolute atomic E-state index is 13.0. The van der Waals surface area contributed by atoms with Crippen molar-refractivity contribution in [2.45, 2.75) is 33.5 Å². The summed E-state index contributed by atoms with van der Waals surface area (Å²) in [5.74, 6) is 0.807. The van der Waals surface area contributed by atoms with Gasteiger partial charge < -0.3 is 14.2 Å². The summed E-state index contributed by atoms with van der Waals surface area (Å²) < 4.78 is 13.7. The molecule has 0 N–H and O–H groups in total. The molecule has 0 aliphatic carbocycles. The lowest BCUT2D eigenvalue weighted by atomic mass is 10.2. The summed E-state index contributed by atoms with van der Waals surface area (Å²) in [5.41, 5.74) is 1.73. The van der Waals surface area contributed by atoms with Gasteiger partial charge >= 0.3 is 0 Å². The summed E-state index contributed by atoms with van der Waals surface area (Å²) in [6, 6.07) is 7.16. The van der Waals surface area contributed by atoms with Crippen molar-refractivity contribution >= 4 is 33.4 Å². The molecule has 9 heteroatoms. The van der Waals surface area contributed by atoms with Gasteiger partial charge in [-0.2, -0.15) is 5.10 Å². The molecule has 0 radical (unpaired) electrons. The second-order valence-corrected chi connectivity index (χ2v) is 7.46. The van der Waals surface area contributed by atoms with Gasteiger partial charge in [0, 0.05) is 13.6 Å². The molecule has 2 heterocycles. The van der Waals surface area contributed by atoms with E-state index < -0.39 is 0 Å². The van der Waals surface area contributed by atoms with E-state index in [1.807, 2.05) is 23.7 Å². The third-order valence-corrected chi connectivity index (χ3v) is 5.30. The highest BCUT2D eigenvalue weighted by Gasteiger charge is 2.25. The lowest BCUT2D eigenvalue weighted by molar-refractivity contribution is 0.0768. The molecule has 1 amide bonds. The minimum atomic E-state index is -0.259. The van der Waals surface area contributed by atoms with Gasteiger partial charge in [-0.05, 0) is 41.9 Å². The molecule has 3 rings (SSSR count). The normalized spacial score (nSPS) is 10.9. The first-order valence-electron chi connectivity index (χ1n) is 8.70. The summed E-state index contributed by atoms with van der Waals surface area (Å²) in [5, 5.41) is 8.73. The molecule has 0 fully saturated rings. The zero-order valence-electron chi connectivity index (χ0n) is 15.8. The first kappa shape index (κ1) is 20.4. The van der Waals surface area contributed by atoms with Crippen LogP contribution in [-0.4, -0.2) is 32.8 Å². The average molecular weight is 468 g/mol. The van der Waals surface area contributed by atoms with Gasteiger partial charge in [-0.3, -0.25) is 9.48 Å². The molecule has 0 aliphatic rings. The van der Waals surface area contributed by atoms with Crippen molar-refractivity contribution in [3.8, 4) is 5.75 Å². The Bertz CT molecular complexity index is 985. The molecule has 3 aromatic rings. The van der Waals surface area contributed by atoms with Gasteiger partial charge in [0.1, 0.15) is 18.1 Å². The molecule has 0 spiro atoms. The van der Waals surface area contributed by atoms with Crippen molar-refractivity contribution in [3.63, 3.8) is 0 Å². The zero-order chi connectivity index (χ0) is 20.3. The number of aryl methyl sites for hydroxylation is 2. The fourth-order valence-corrected chi connectivity index (χ4v) is 3.35. The molecule has 0 saturated heterocycles. The van der Waals surface area contributed by atoms with Crippen LogP contribution in [0.25, 0.3) is 0 Å². The van der Waals surface area contributed by atoms with Crippen molar-refractivity contribution in [2.75, 3.05) is 7.05 Å². The van der Waals surface area contributed by atoms with E-state index in [0.29, 0.717) is 35.2 Å². The number of hydrogen-bond acceptors (Lipinski definition) is 5. The molecule has 0 saturated carbocycles. The van der Waals surface area contributed by atoms with Crippen LogP contribution >= 0.6 is 27.5 Å². The number of carbonyl (C=O) groups excluding carboxylic acids is 1. The quantitative estimate of drug-likeness (QED) is 0.513. The van der Waals surface area contributed by atoms with E-state index in [4.69, 9.17) is 20.9 Å². The summed E-state index contributed by atoms with van der Waals surface area (Å²) in [6.45, 7) is 4.96.